The van der Waals surface area contributed by atoms with Crippen LogP contribution in [0, 0.1) is 11.8 Å². The Kier molecular flexibility index (Phi) is 3.16. The Bertz CT molecular complexity index is 131. The van der Waals surface area contributed by atoms with Crippen LogP contribution in [0.25, 0.3) is 0 Å². The number of hydrogen-bond donors (Lipinski definition) is 2. The molecule has 1 heterocycles. The molecule has 0 amide bonds. The molecule has 0 aromatic heterocycles. The van der Waals surface area contributed by atoms with Gasteiger partial charge in [0.2, 0.25) is 0 Å². The van der Waals surface area contributed by atoms with E-state index >= 15 is 0 Å². The number of rotatable bonds is 1. The summed E-state index contributed by atoms with van der Waals surface area (Å²) in [4.78, 5) is 0. The summed E-state index contributed by atoms with van der Waals surface area (Å²) in [7, 11) is 0. The van der Waals surface area contributed by atoms with Crippen molar-refractivity contribution < 1.29 is 5.11 Å². The molecule has 2 aliphatic rings. The highest BCUT2D eigenvalue weighted by Crippen LogP contribution is 2.37. The van der Waals surface area contributed by atoms with Crippen molar-refractivity contribution in [3.63, 3.8) is 0 Å². The molecule has 2 unspecified atom stereocenters. The second-order valence-electron chi connectivity index (χ2n) is 3.55. The minimum absolute atomic E-state index is 0. The summed E-state index contributed by atoms with van der Waals surface area (Å²) in [6.07, 6.45) is 4.10. The molecule has 1 aliphatic carbocycles. The Labute approximate surface area is 73.8 Å². The Balaban J connectivity index is 0.000000605. The zero-order chi connectivity index (χ0) is 6.97. The zero-order valence-electron chi connectivity index (χ0n) is 6.62. The van der Waals surface area contributed by atoms with Crippen LogP contribution in [-0.2, 0) is 0 Å². The summed E-state index contributed by atoms with van der Waals surface area (Å²) in [6, 6.07) is 0.424. The van der Waals surface area contributed by atoms with Crippen molar-refractivity contribution in [2.24, 2.45) is 11.8 Å². The maximum atomic E-state index is 8.95. The quantitative estimate of drug-likeness (QED) is 0.621. The standard InChI is InChI=1S/C8H15NO.ClH/c10-5-8-7-3-1-2-6(7)4-9-8;/h6-10H,1-5H2;1H/t6?,7-,8?;/m0./s1. The van der Waals surface area contributed by atoms with Crippen molar-refractivity contribution in [2.45, 2.75) is 25.3 Å². The van der Waals surface area contributed by atoms with Crippen LogP contribution in [0.5, 0.6) is 0 Å². The van der Waals surface area contributed by atoms with E-state index in [1.807, 2.05) is 0 Å². The van der Waals surface area contributed by atoms with Crippen LogP contribution in [0.1, 0.15) is 19.3 Å². The lowest BCUT2D eigenvalue weighted by atomic mass is 9.95. The molecule has 1 saturated heterocycles. The first-order chi connectivity index (χ1) is 4.92. The molecule has 2 N–H and O–H groups in total. The minimum Gasteiger partial charge on any atom is -0.395 e. The number of halogens is 1. The molecule has 0 spiro atoms. The van der Waals surface area contributed by atoms with Crippen LogP contribution >= 0.6 is 12.4 Å². The fourth-order valence-electron chi connectivity index (χ4n) is 2.50. The van der Waals surface area contributed by atoms with Crippen LogP contribution in [0.4, 0.5) is 0 Å². The average molecular weight is 178 g/mol. The zero-order valence-corrected chi connectivity index (χ0v) is 7.44. The first-order valence-electron chi connectivity index (χ1n) is 4.26. The number of hydrogen-bond acceptors (Lipinski definition) is 2. The van der Waals surface area contributed by atoms with Crippen LogP contribution < -0.4 is 5.32 Å². The van der Waals surface area contributed by atoms with Crippen molar-refractivity contribution in [3.05, 3.63) is 0 Å². The van der Waals surface area contributed by atoms with E-state index in [-0.39, 0.29) is 12.4 Å². The first kappa shape index (κ1) is 9.30. The summed E-state index contributed by atoms with van der Waals surface area (Å²) in [5.41, 5.74) is 0. The number of fused-ring (bicyclic) bond motifs is 1. The minimum atomic E-state index is 0. The highest BCUT2D eigenvalue weighted by atomic mass is 35.5. The molecule has 0 aromatic rings. The Hall–Kier alpha value is 0.210. The molecule has 2 fully saturated rings. The van der Waals surface area contributed by atoms with Gasteiger partial charge in [-0.3, -0.25) is 0 Å². The lowest BCUT2D eigenvalue weighted by Gasteiger charge is -2.14. The molecule has 66 valence electrons. The van der Waals surface area contributed by atoms with E-state index < -0.39 is 0 Å². The van der Waals surface area contributed by atoms with Crippen molar-refractivity contribution in [1.82, 2.24) is 5.32 Å². The third-order valence-corrected chi connectivity index (χ3v) is 3.07. The highest BCUT2D eigenvalue weighted by molar-refractivity contribution is 5.85. The average Bonchev–Trinajstić information content (AvgIpc) is 2.44. The van der Waals surface area contributed by atoms with Crippen LogP contribution in [-0.4, -0.2) is 24.3 Å². The molecular formula is C8H16ClNO. The van der Waals surface area contributed by atoms with Gasteiger partial charge in [0.15, 0.2) is 0 Å². The molecule has 3 atom stereocenters. The largest absolute Gasteiger partial charge is 0.395 e. The van der Waals surface area contributed by atoms with E-state index in [4.69, 9.17) is 5.11 Å². The van der Waals surface area contributed by atoms with E-state index in [1.165, 1.54) is 19.3 Å². The van der Waals surface area contributed by atoms with Gasteiger partial charge in [-0.15, -0.1) is 12.4 Å². The van der Waals surface area contributed by atoms with Gasteiger partial charge >= 0.3 is 0 Å². The molecule has 2 rings (SSSR count). The molecule has 1 aliphatic heterocycles. The number of aliphatic hydroxyl groups is 1. The third kappa shape index (κ3) is 1.53. The number of nitrogens with one attached hydrogen (secondary N) is 1. The molecular weight excluding hydrogens is 162 g/mol. The fourth-order valence-corrected chi connectivity index (χ4v) is 2.50. The number of aliphatic hydroxyl groups excluding tert-OH is 1. The van der Waals surface area contributed by atoms with Crippen molar-refractivity contribution in [3.8, 4) is 0 Å². The normalized spacial score (nSPS) is 41.7. The van der Waals surface area contributed by atoms with Crippen molar-refractivity contribution >= 4 is 12.4 Å². The van der Waals surface area contributed by atoms with Gasteiger partial charge in [0.25, 0.3) is 0 Å². The summed E-state index contributed by atoms with van der Waals surface area (Å²) in [5, 5.41) is 12.3. The first-order valence-corrected chi connectivity index (χ1v) is 4.26. The van der Waals surface area contributed by atoms with Crippen LogP contribution in [0.3, 0.4) is 0 Å². The molecule has 3 heteroatoms. The van der Waals surface area contributed by atoms with Crippen molar-refractivity contribution in [1.29, 1.82) is 0 Å². The maximum Gasteiger partial charge on any atom is 0.0587 e. The predicted molar refractivity (Wildman–Crippen MR) is 47.0 cm³/mol. The van der Waals surface area contributed by atoms with Gasteiger partial charge in [0.05, 0.1) is 6.61 Å². The lowest BCUT2D eigenvalue weighted by Crippen LogP contribution is -2.30. The third-order valence-electron chi connectivity index (χ3n) is 3.07. The second-order valence-corrected chi connectivity index (χ2v) is 3.55. The second kappa shape index (κ2) is 3.74. The predicted octanol–water partition coefficient (Wildman–Crippen LogP) is 0.789. The van der Waals surface area contributed by atoms with Gasteiger partial charge in [-0.05, 0) is 31.2 Å². The molecule has 0 aromatic carbocycles. The SMILES string of the molecule is Cl.OCC1NCC2CCC[C@@H]21. The van der Waals surface area contributed by atoms with Crippen molar-refractivity contribution in [2.75, 3.05) is 13.2 Å². The monoisotopic (exact) mass is 177 g/mol. The van der Waals surface area contributed by atoms with Gasteiger partial charge in [-0.1, -0.05) is 6.42 Å². The van der Waals surface area contributed by atoms with Crippen LogP contribution in [0.2, 0.25) is 0 Å². The Morgan fingerprint density at radius 1 is 1.36 bits per heavy atom. The van der Waals surface area contributed by atoms with E-state index in [0.717, 1.165) is 18.4 Å². The van der Waals surface area contributed by atoms with Gasteiger partial charge < -0.3 is 10.4 Å². The summed E-state index contributed by atoms with van der Waals surface area (Å²) >= 11 is 0. The van der Waals surface area contributed by atoms with E-state index in [9.17, 15) is 0 Å². The van der Waals surface area contributed by atoms with Crippen LogP contribution in [0.15, 0.2) is 0 Å². The molecule has 1 saturated carbocycles. The smallest absolute Gasteiger partial charge is 0.0587 e. The lowest BCUT2D eigenvalue weighted by molar-refractivity contribution is 0.222. The summed E-state index contributed by atoms with van der Waals surface area (Å²) in [5.74, 6) is 1.68. The van der Waals surface area contributed by atoms with E-state index in [0.29, 0.717) is 12.6 Å². The van der Waals surface area contributed by atoms with E-state index in [1.54, 1.807) is 0 Å². The maximum absolute atomic E-state index is 8.95. The highest BCUT2D eigenvalue weighted by Gasteiger charge is 2.38. The molecule has 0 radical (unpaired) electrons. The summed E-state index contributed by atoms with van der Waals surface area (Å²) < 4.78 is 0. The molecule has 2 nitrogen and oxygen atoms in total. The fraction of sp³-hybridized carbons (Fsp3) is 1.00. The molecule has 11 heavy (non-hydrogen) atoms. The Morgan fingerprint density at radius 3 is 2.91 bits per heavy atom. The van der Waals surface area contributed by atoms with Gasteiger partial charge in [-0.25, -0.2) is 0 Å². The molecule has 0 bridgehead atoms. The van der Waals surface area contributed by atoms with E-state index in [2.05, 4.69) is 5.32 Å². The summed E-state index contributed by atoms with van der Waals surface area (Å²) in [6.45, 7) is 1.48. The Morgan fingerprint density at radius 2 is 2.18 bits per heavy atom. The van der Waals surface area contributed by atoms with Gasteiger partial charge in [-0.2, -0.15) is 0 Å². The van der Waals surface area contributed by atoms with Gasteiger partial charge in [0, 0.05) is 6.04 Å². The topological polar surface area (TPSA) is 32.3 Å². The van der Waals surface area contributed by atoms with Gasteiger partial charge in [0.1, 0.15) is 0 Å².